The molecule has 0 bridgehead atoms. The maximum absolute atomic E-state index is 11.3. The molecule has 78 valence electrons. The zero-order valence-electron chi connectivity index (χ0n) is 9.04. The smallest absolute Gasteiger partial charge is 0.323 e. The number of hydrogen-bond acceptors (Lipinski definition) is 3. The fourth-order valence-corrected chi connectivity index (χ4v) is 0.836. The Balaban J connectivity index is 3.85. The second kappa shape index (κ2) is 5.97. The van der Waals surface area contributed by atoms with E-state index in [1.165, 1.54) is 0 Å². The molecular formula is C10H21NO2. The number of carbonyl (C=O) groups is 1. The summed E-state index contributed by atoms with van der Waals surface area (Å²) in [5.74, 6) is 0.0702. The van der Waals surface area contributed by atoms with Gasteiger partial charge in [0, 0.05) is 0 Å². The van der Waals surface area contributed by atoms with Crippen molar-refractivity contribution in [3.63, 3.8) is 0 Å². The van der Waals surface area contributed by atoms with Gasteiger partial charge < -0.3 is 10.5 Å². The first kappa shape index (κ1) is 12.4. The molecule has 0 rings (SSSR count). The molecule has 0 saturated carbocycles. The van der Waals surface area contributed by atoms with Gasteiger partial charge in [-0.15, -0.1) is 0 Å². The standard InChI is InChI=1S/C10H21NO2/c1-5-6-9(11)10(12)13-8(4)7(2)3/h7-9H,5-6,11H2,1-4H3/t8-,9-/m1/s1. The van der Waals surface area contributed by atoms with Crippen molar-refractivity contribution in [1.82, 2.24) is 0 Å². The van der Waals surface area contributed by atoms with Crippen LogP contribution in [0.25, 0.3) is 0 Å². The first-order valence-electron chi connectivity index (χ1n) is 4.95. The van der Waals surface area contributed by atoms with Gasteiger partial charge in [-0.3, -0.25) is 4.79 Å². The van der Waals surface area contributed by atoms with Crippen molar-refractivity contribution >= 4 is 5.97 Å². The van der Waals surface area contributed by atoms with E-state index in [9.17, 15) is 4.79 Å². The molecule has 2 N–H and O–H groups in total. The minimum Gasteiger partial charge on any atom is -0.461 e. The Bertz CT molecular complexity index is 157. The molecule has 0 aliphatic carbocycles. The van der Waals surface area contributed by atoms with Crippen molar-refractivity contribution in [2.75, 3.05) is 0 Å². The van der Waals surface area contributed by atoms with Crippen LogP contribution in [0.15, 0.2) is 0 Å². The summed E-state index contributed by atoms with van der Waals surface area (Å²) in [5, 5.41) is 0. The quantitative estimate of drug-likeness (QED) is 0.666. The first-order valence-corrected chi connectivity index (χ1v) is 4.95. The molecule has 0 amide bonds. The van der Waals surface area contributed by atoms with E-state index in [-0.39, 0.29) is 12.1 Å². The average molecular weight is 187 g/mol. The molecule has 3 nitrogen and oxygen atoms in total. The third-order valence-corrected chi connectivity index (χ3v) is 2.14. The maximum atomic E-state index is 11.3. The second-order valence-corrected chi connectivity index (χ2v) is 3.78. The summed E-state index contributed by atoms with van der Waals surface area (Å²) in [5.41, 5.74) is 5.60. The van der Waals surface area contributed by atoms with E-state index >= 15 is 0 Å². The monoisotopic (exact) mass is 187 g/mol. The molecule has 2 atom stereocenters. The lowest BCUT2D eigenvalue weighted by molar-refractivity contribution is -0.152. The SMILES string of the molecule is CCC[C@@H](N)C(=O)O[C@H](C)C(C)C. The maximum Gasteiger partial charge on any atom is 0.323 e. The number of esters is 1. The van der Waals surface area contributed by atoms with Gasteiger partial charge in [0.1, 0.15) is 12.1 Å². The zero-order valence-corrected chi connectivity index (χ0v) is 9.04. The largest absolute Gasteiger partial charge is 0.461 e. The fourth-order valence-electron chi connectivity index (χ4n) is 0.836. The van der Waals surface area contributed by atoms with Crippen LogP contribution in [-0.4, -0.2) is 18.1 Å². The number of hydrogen-bond donors (Lipinski definition) is 1. The lowest BCUT2D eigenvalue weighted by atomic mass is 10.1. The van der Waals surface area contributed by atoms with E-state index < -0.39 is 6.04 Å². The lowest BCUT2D eigenvalue weighted by Gasteiger charge is -2.19. The van der Waals surface area contributed by atoms with Crippen LogP contribution < -0.4 is 5.73 Å². The van der Waals surface area contributed by atoms with Crippen LogP contribution in [0.3, 0.4) is 0 Å². The average Bonchev–Trinajstić information content (AvgIpc) is 2.04. The zero-order chi connectivity index (χ0) is 10.4. The number of carbonyl (C=O) groups excluding carboxylic acids is 1. The first-order chi connectivity index (χ1) is 5.99. The van der Waals surface area contributed by atoms with Crippen LogP contribution in [0.5, 0.6) is 0 Å². The predicted octanol–water partition coefficient (Wildman–Crippen LogP) is 1.70. The van der Waals surface area contributed by atoms with Crippen LogP contribution in [0, 0.1) is 5.92 Å². The van der Waals surface area contributed by atoms with Gasteiger partial charge in [0.05, 0.1) is 0 Å². The number of rotatable bonds is 5. The van der Waals surface area contributed by atoms with E-state index in [0.717, 1.165) is 6.42 Å². The molecule has 3 heteroatoms. The molecule has 0 aromatic heterocycles. The Morgan fingerprint density at radius 2 is 1.92 bits per heavy atom. The van der Waals surface area contributed by atoms with Gasteiger partial charge >= 0.3 is 5.97 Å². The molecule has 0 aliphatic heterocycles. The highest BCUT2D eigenvalue weighted by Crippen LogP contribution is 2.07. The van der Waals surface area contributed by atoms with Crippen LogP contribution >= 0.6 is 0 Å². The van der Waals surface area contributed by atoms with Gasteiger partial charge in [0.15, 0.2) is 0 Å². The fraction of sp³-hybridized carbons (Fsp3) is 0.900. The van der Waals surface area contributed by atoms with E-state index in [0.29, 0.717) is 12.3 Å². The summed E-state index contributed by atoms with van der Waals surface area (Å²) in [4.78, 5) is 11.3. The molecule has 13 heavy (non-hydrogen) atoms. The van der Waals surface area contributed by atoms with E-state index in [1.807, 2.05) is 27.7 Å². The summed E-state index contributed by atoms with van der Waals surface area (Å²) in [6.45, 7) is 7.92. The van der Waals surface area contributed by atoms with Gasteiger partial charge in [-0.05, 0) is 19.3 Å². The topological polar surface area (TPSA) is 52.3 Å². The minimum absolute atomic E-state index is 0.0459. The van der Waals surface area contributed by atoms with E-state index in [4.69, 9.17) is 10.5 Å². The van der Waals surface area contributed by atoms with Crippen molar-refractivity contribution in [2.45, 2.75) is 52.7 Å². The predicted molar refractivity (Wildman–Crippen MR) is 53.3 cm³/mol. The van der Waals surface area contributed by atoms with E-state index in [2.05, 4.69) is 0 Å². The highest BCUT2D eigenvalue weighted by molar-refractivity contribution is 5.75. The summed E-state index contributed by atoms with van der Waals surface area (Å²) in [7, 11) is 0. The molecular weight excluding hydrogens is 166 g/mol. The molecule has 0 fully saturated rings. The summed E-state index contributed by atoms with van der Waals surface area (Å²) < 4.78 is 5.16. The molecule has 0 aromatic rings. The Kier molecular flexibility index (Phi) is 5.71. The molecule has 0 radical (unpaired) electrons. The second-order valence-electron chi connectivity index (χ2n) is 3.78. The van der Waals surface area contributed by atoms with Crippen molar-refractivity contribution in [3.05, 3.63) is 0 Å². The highest BCUT2D eigenvalue weighted by atomic mass is 16.5. The minimum atomic E-state index is -0.453. The Hall–Kier alpha value is -0.570. The van der Waals surface area contributed by atoms with Gasteiger partial charge in [-0.2, -0.15) is 0 Å². The van der Waals surface area contributed by atoms with Crippen molar-refractivity contribution in [3.8, 4) is 0 Å². The molecule has 0 unspecified atom stereocenters. The Morgan fingerprint density at radius 1 is 1.38 bits per heavy atom. The van der Waals surface area contributed by atoms with Gasteiger partial charge in [0.25, 0.3) is 0 Å². The normalized spacial score (nSPS) is 15.5. The Labute approximate surface area is 80.6 Å². The molecule has 0 spiro atoms. The van der Waals surface area contributed by atoms with Crippen molar-refractivity contribution < 1.29 is 9.53 Å². The van der Waals surface area contributed by atoms with Gasteiger partial charge in [-0.25, -0.2) is 0 Å². The summed E-state index contributed by atoms with van der Waals surface area (Å²) >= 11 is 0. The number of nitrogens with two attached hydrogens (primary N) is 1. The van der Waals surface area contributed by atoms with E-state index in [1.54, 1.807) is 0 Å². The molecule has 0 aromatic carbocycles. The van der Waals surface area contributed by atoms with Crippen LogP contribution in [-0.2, 0) is 9.53 Å². The van der Waals surface area contributed by atoms with Crippen LogP contribution in [0.1, 0.15) is 40.5 Å². The third-order valence-electron chi connectivity index (χ3n) is 2.14. The van der Waals surface area contributed by atoms with Crippen molar-refractivity contribution in [2.24, 2.45) is 11.7 Å². The van der Waals surface area contributed by atoms with Crippen LogP contribution in [0.4, 0.5) is 0 Å². The van der Waals surface area contributed by atoms with Crippen molar-refractivity contribution in [1.29, 1.82) is 0 Å². The summed E-state index contributed by atoms with van der Waals surface area (Å²) in [6.07, 6.45) is 1.56. The number of ether oxygens (including phenoxy) is 1. The molecule has 0 heterocycles. The third kappa shape index (κ3) is 4.88. The molecule has 0 saturated heterocycles. The van der Waals surface area contributed by atoms with Crippen LogP contribution in [0.2, 0.25) is 0 Å². The Morgan fingerprint density at radius 3 is 2.31 bits per heavy atom. The molecule has 0 aliphatic rings. The van der Waals surface area contributed by atoms with Gasteiger partial charge in [0.2, 0.25) is 0 Å². The van der Waals surface area contributed by atoms with Gasteiger partial charge in [-0.1, -0.05) is 27.2 Å². The summed E-state index contributed by atoms with van der Waals surface area (Å²) in [6, 6.07) is -0.453. The highest BCUT2D eigenvalue weighted by Gasteiger charge is 2.18. The lowest BCUT2D eigenvalue weighted by Crippen LogP contribution is -2.35.